The van der Waals surface area contributed by atoms with Crippen LogP contribution in [0.2, 0.25) is 0 Å². The number of halogens is 1. The molecule has 0 atom stereocenters. The lowest BCUT2D eigenvalue weighted by molar-refractivity contribution is 0.0729. The average molecular weight is 457 g/mol. The monoisotopic (exact) mass is 456 g/mol. The molecule has 3 aromatic carbocycles. The largest absolute Gasteiger partial charge is 0.330 e. The molecule has 148 valence electrons. The van der Waals surface area contributed by atoms with Gasteiger partial charge >= 0.3 is 0 Å². The van der Waals surface area contributed by atoms with Crippen LogP contribution < -0.4 is 0 Å². The molecule has 0 spiro atoms. The number of hydrogen-bond acceptors (Lipinski definition) is 2. The Kier molecular flexibility index (Phi) is 6.35. The molecular weight excluding hydrogens is 436 g/mol. The van der Waals surface area contributed by atoms with Gasteiger partial charge in [-0.2, -0.15) is 0 Å². The van der Waals surface area contributed by atoms with Crippen LogP contribution in [-0.4, -0.2) is 15.8 Å². The van der Waals surface area contributed by atoms with E-state index >= 15 is 0 Å². The Hall–Kier alpha value is -3.24. The van der Waals surface area contributed by atoms with E-state index < -0.39 is 0 Å². The van der Waals surface area contributed by atoms with Gasteiger partial charge in [0, 0.05) is 30.0 Å². The summed E-state index contributed by atoms with van der Waals surface area (Å²) in [5.41, 5.74) is 5.03. The van der Waals surface area contributed by atoms with Gasteiger partial charge in [-0.05, 0) is 56.4 Å². The summed E-state index contributed by atoms with van der Waals surface area (Å²) in [6, 6.07) is 30.0. The molecule has 3 nitrogen and oxygen atoms in total. The van der Waals surface area contributed by atoms with Crippen LogP contribution in [-0.2, 0) is 13.1 Å². The van der Waals surface area contributed by atoms with Crippen LogP contribution in [0.25, 0.3) is 11.1 Å². The smallest absolute Gasteiger partial charge is 0.255 e. The molecule has 1 aromatic heterocycles. The number of hydrogen-bond donors (Lipinski definition) is 0. The van der Waals surface area contributed by atoms with Crippen molar-refractivity contribution < 1.29 is 4.79 Å². The molecule has 0 saturated heterocycles. The predicted molar refractivity (Wildman–Crippen MR) is 124 cm³/mol. The van der Waals surface area contributed by atoms with Gasteiger partial charge in [-0.25, -0.2) is 0 Å². The number of benzene rings is 3. The maximum atomic E-state index is 13.5. The zero-order valence-corrected chi connectivity index (χ0v) is 18.0. The normalized spacial score (nSPS) is 10.6. The first-order chi connectivity index (χ1) is 14.7. The van der Waals surface area contributed by atoms with Crippen LogP contribution in [0.5, 0.6) is 0 Å². The quantitative estimate of drug-likeness (QED) is 0.338. The first-order valence-electron chi connectivity index (χ1n) is 9.78. The van der Waals surface area contributed by atoms with Gasteiger partial charge in [0.25, 0.3) is 5.91 Å². The van der Waals surface area contributed by atoms with Crippen molar-refractivity contribution >= 4 is 21.8 Å². The third-order valence-corrected chi connectivity index (χ3v) is 5.64. The minimum atomic E-state index is -0.0193. The highest BCUT2D eigenvalue weighted by Crippen LogP contribution is 2.26. The Morgan fingerprint density at radius 3 is 2.30 bits per heavy atom. The SMILES string of the molecule is O=C(c1ccccc1Br)N(Cc1cccnc1)Cc1ccccc1-c1ccccc1. The van der Waals surface area contributed by atoms with Crippen molar-refractivity contribution in [2.24, 2.45) is 0 Å². The Bertz CT molecular complexity index is 1130. The highest BCUT2D eigenvalue weighted by Gasteiger charge is 2.20. The fourth-order valence-electron chi connectivity index (χ4n) is 3.48. The highest BCUT2D eigenvalue weighted by atomic mass is 79.9. The molecule has 0 aliphatic carbocycles. The third kappa shape index (κ3) is 4.66. The Morgan fingerprint density at radius 1 is 0.800 bits per heavy atom. The Balaban J connectivity index is 1.71. The summed E-state index contributed by atoms with van der Waals surface area (Å²) in [5, 5.41) is 0. The number of amides is 1. The molecule has 1 amide bonds. The summed E-state index contributed by atoms with van der Waals surface area (Å²) >= 11 is 3.53. The van der Waals surface area contributed by atoms with Crippen molar-refractivity contribution in [3.8, 4) is 11.1 Å². The van der Waals surface area contributed by atoms with Crippen molar-refractivity contribution in [1.82, 2.24) is 9.88 Å². The molecular formula is C26H21BrN2O. The molecule has 1 heterocycles. The van der Waals surface area contributed by atoms with Crippen molar-refractivity contribution in [3.05, 3.63) is 125 Å². The number of rotatable bonds is 6. The summed E-state index contributed by atoms with van der Waals surface area (Å²) in [5.74, 6) is -0.0193. The number of nitrogens with zero attached hydrogens (tertiary/aromatic N) is 2. The summed E-state index contributed by atoms with van der Waals surface area (Å²) in [7, 11) is 0. The van der Waals surface area contributed by atoms with E-state index in [9.17, 15) is 4.79 Å². The van der Waals surface area contributed by atoms with Gasteiger partial charge < -0.3 is 4.90 Å². The second kappa shape index (κ2) is 9.51. The molecule has 30 heavy (non-hydrogen) atoms. The topological polar surface area (TPSA) is 33.2 Å². The molecule has 0 aliphatic heterocycles. The van der Waals surface area contributed by atoms with E-state index in [-0.39, 0.29) is 5.91 Å². The van der Waals surface area contributed by atoms with E-state index in [4.69, 9.17) is 0 Å². The van der Waals surface area contributed by atoms with Crippen LogP contribution in [0.3, 0.4) is 0 Å². The lowest BCUT2D eigenvalue weighted by Crippen LogP contribution is -2.30. The molecule has 0 unspecified atom stereocenters. The van der Waals surface area contributed by atoms with Crippen molar-refractivity contribution in [3.63, 3.8) is 0 Å². The van der Waals surface area contributed by atoms with Crippen LogP contribution in [0, 0.1) is 0 Å². The highest BCUT2D eigenvalue weighted by molar-refractivity contribution is 9.10. The van der Waals surface area contributed by atoms with Gasteiger partial charge in [-0.1, -0.05) is 72.8 Å². The molecule has 4 aromatic rings. The lowest BCUT2D eigenvalue weighted by Gasteiger charge is -2.25. The summed E-state index contributed by atoms with van der Waals surface area (Å²) in [6.07, 6.45) is 3.55. The van der Waals surface area contributed by atoms with E-state index in [0.717, 1.165) is 26.7 Å². The standard InChI is InChI=1S/C26H21BrN2O/c27-25-15-7-6-14-24(25)26(30)29(18-20-9-8-16-28-17-20)19-22-12-4-5-13-23(22)21-10-2-1-3-11-21/h1-17H,18-19H2. The van der Waals surface area contributed by atoms with Crippen LogP contribution in [0.4, 0.5) is 0 Å². The molecule has 4 rings (SSSR count). The maximum absolute atomic E-state index is 13.5. The number of carbonyl (C=O) groups excluding carboxylic acids is 1. The summed E-state index contributed by atoms with van der Waals surface area (Å²) in [4.78, 5) is 19.6. The molecule has 0 aliphatic rings. The number of carbonyl (C=O) groups is 1. The van der Waals surface area contributed by atoms with Gasteiger partial charge in [0.2, 0.25) is 0 Å². The average Bonchev–Trinajstić information content (AvgIpc) is 2.80. The van der Waals surface area contributed by atoms with Crippen LogP contribution in [0.1, 0.15) is 21.5 Å². The van der Waals surface area contributed by atoms with Crippen molar-refractivity contribution in [1.29, 1.82) is 0 Å². The minimum absolute atomic E-state index is 0.0193. The summed E-state index contributed by atoms with van der Waals surface area (Å²) in [6.45, 7) is 0.983. The minimum Gasteiger partial charge on any atom is -0.330 e. The van der Waals surface area contributed by atoms with Gasteiger partial charge in [0.05, 0.1) is 5.56 Å². The second-order valence-electron chi connectivity index (χ2n) is 7.03. The third-order valence-electron chi connectivity index (χ3n) is 4.95. The maximum Gasteiger partial charge on any atom is 0.255 e. The predicted octanol–water partition coefficient (Wildman–Crippen LogP) is 6.35. The van der Waals surface area contributed by atoms with E-state index in [1.807, 2.05) is 77.8 Å². The Morgan fingerprint density at radius 2 is 1.53 bits per heavy atom. The van der Waals surface area contributed by atoms with Gasteiger partial charge in [-0.15, -0.1) is 0 Å². The molecule has 0 radical (unpaired) electrons. The molecule has 0 bridgehead atoms. The molecule has 0 saturated carbocycles. The second-order valence-corrected chi connectivity index (χ2v) is 7.88. The first kappa shape index (κ1) is 20.0. The fraction of sp³-hybridized carbons (Fsp3) is 0.0769. The number of pyridine rings is 1. The Labute approximate surface area is 185 Å². The first-order valence-corrected chi connectivity index (χ1v) is 10.6. The van der Waals surface area contributed by atoms with E-state index in [2.05, 4.69) is 45.2 Å². The fourth-order valence-corrected chi connectivity index (χ4v) is 3.93. The van der Waals surface area contributed by atoms with Gasteiger partial charge in [0.1, 0.15) is 0 Å². The molecule has 0 N–H and O–H groups in total. The molecule has 4 heteroatoms. The van der Waals surface area contributed by atoms with E-state index in [1.165, 1.54) is 0 Å². The van der Waals surface area contributed by atoms with Crippen LogP contribution in [0.15, 0.2) is 108 Å². The zero-order chi connectivity index (χ0) is 20.8. The van der Waals surface area contributed by atoms with Crippen molar-refractivity contribution in [2.45, 2.75) is 13.1 Å². The zero-order valence-electron chi connectivity index (χ0n) is 16.4. The van der Waals surface area contributed by atoms with E-state index in [0.29, 0.717) is 18.7 Å². The van der Waals surface area contributed by atoms with Gasteiger partial charge in [0.15, 0.2) is 0 Å². The number of aromatic nitrogens is 1. The van der Waals surface area contributed by atoms with Crippen molar-refractivity contribution in [2.75, 3.05) is 0 Å². The van der Waals surface area contributed by atoms with Gasteiger partial charge in [-0.3, -0.25) is 9.78 Å². The molecule has 0 fully saturated rings. The summed E-state index contributed by atoms with van der Waals surface area (Å²) < 4.78 is 0.794. The lowest BCUT2D eigenvalue weighted by atomic mass is 9.99. The van der Waals surface area contributed by atoms with E-state index in [1.54, 1.807) is 6.20 Å². The van der Waals surface area contributed by atoms with Crippen LogP contribution >= 0.6 is 15.9 Å².